The van der Waals surface area contributed by atoms with Crippen LogP contribution >= 0.6 is 0 Å². The topological polar surface area (TPSA) is 57.5 Å². The summed E-state index contributed by atoms with van der Waals surface area (Å²) >= 11 is 0. The summed E-state index contributed by atoms with van der Waals surface area (Å²) in [5.74, 6) is 3.91. The number of carbonyl (C=O) groups is 1. The van der Waals surface area contributed by atoms with Gasteiger partial charge in [-0.15, -0.1) is 0 Å². The standard InChI is InChI=1S/C24H40O3/c1-15(4-9-22(26)27)19-7-8-20-18-6-5-16-14-17(25)10-12-23(16,2)21(18)11-13-24(19,20)3/h15-21,25H,4-14H2,1-3H3,(H,26,27)/t15-,16?,17-,18?,19?,20+,21+,23+,24?/m1/s1. The van der Waals surface area contributed by atoms with Crippen LogP contribution in [0, 0.1) is 46.3 Å². The predicted molar refractivity (Wildman–Crippen MR) is 107 cm³/mol. The van der Waals surface area contributed by atoms with Gasteiger partial charge in [0.2, 0.25) is 0 Å². The van der Waals surface area contributed by atoms with Gasteiger partial charge in [-0.3, -0.25) is 4.79 Å². The first-order chi connectivity index (χ1) is 12.8. The molecular weight excluding hydrogens is 336 g/mol. The number of hydrogen-bond acceptors (Lipinski definition) is 2. The Labute approximate surface area is 165 Å². The molecule has 0 radical (unpaired) electrons. The Morgan fingerprint density at radius 3 is 2.44 bits per heavy atom. The molecule has 0 heterocycles. The van der Waals surface area contributed by atoms with Crippen molar-refractivity contribution in [2.24, 2.45) is 46.3 Å². The Hall–Kier alpha value is -0.570. The monoisotopic (exact) mass is 376 g/mol. The smallest absolute Gasteiger partial charge is 0.303 e. The lowest BCUT2D eigenvalue weighted by Crippen LogP contribution is -2.54. The van der Waals surface area contributed by atoms with E-state index in [-0.39, 0.29) is 6.10 Å². The van der Waals surface area contributed by atoms with Crippen LogP contribution in [0.5, 0.6) is 0 Å². The first-order valence-corrected chi connectivity index (χ1v) is 11.7. The molecule has 0 aromatic heterocycles. The molecule has 2 N–H and O–H groups in total. The predicted octanol–water partition coefficient (Wildman–Crippen LogP) is 5.51. The minimum Gasteiger partial charge on any atom is -0.481 e. The average molecular weight is 377 g/mol. The maximum Gasteiger partial charge on any atom is 0.303 e. The third kappa shape index (κ3) is 3.16. The Morgan fingerprint density at radius 2 is 1.70 bits per heavy atom. The minimum atomic E-state index is -0.643. The van der Waals surface area contributed by atoms with Crippen LogP contribution in [0.1, 0.15) is 91.4 Å². The van der Waals surface area contributed by atoms with Gasteiger partial charge < -0.3 is 10.2 Å². The molecule has 9 atom stereocenters. The van der Waals surface area contributed by atoms with Gasteiger partial charge in [-0.1, -0.05) is 20.8 Å². The summed E-state index contributed by atoms with van der Waals surface area (Å²) in [5.41, 5.74) is 0.882. The van der Waals surface area contributed by atoms with Crippen LogP contribution in [-0.4, -0.2) is 22.3 Å². The van der Waals surface area contributed by atoms with Crippen molar-refractivity contribution >= 4 is 5.97 Å². The highest BCUT2D eigenvalue weighted by Gasteiger charge is 2.60. The van der Waals surface area contributed by atoms with Gasteiger partial charge in [0, 0.05) is 6.42 Å². The molecule has 3 heteroatoms. The SMILES string of the molecule is C[C@H](CCC(=O)O)C1CC[C@H]2C3CCC4C[C@H](O)CC[C@]4(C)[C@H]3CCC12C. The van der Waals surface area contributed by atoms with Gasteiger partial charge >= 0.3 is 5.97 Å². The van der Waals surface area contributed by atoms with E-state index in [0.717, 1.165) is 42.9 Å². The maximum atomic E-state index is 11.0. The molecule has 27 heavy (non-hydrogen) atoms. The summed E-state index contributed by atoms with van der Waals surface area (Å²) < 4.78 is 0. The number of aliphatic carboxylic acids is 1. The van der Waals surface area contributed by atoms with Crippen molar-refractivity contribution < 1.29 is 15.0 Å². The van der Waals surface area contributed by atoms with Gasteiger partial charge in [0.25, 0.3) is 0 Å². The quantitative estimate of drug-likeness (QED) is 0.680. The van der Waals surface area contributed by atoms with Crippen molar-refractivity contribution in [1.29, 1.82) is 0 Å². The molecule has 4 unspecified atom stereocenters. The van der Waals surface area contributed by atoms with Crippen molar-refractivity contribution in [2.45, 2.75) is 97.5 Å². The van der Waals surface area contributed by atoms with E-state index in [0.29, 0.717) is 29.1 Å². The number of carboxylic acids is 1. The van der Waals surface area contributed by atoms with Crippen molar-refractivity contribution in [2.75, 3.05) is 0 Å². The number of fused-ring (bicyclic) bond motifs is 5. The van der Waals surface area contributed by atoms with Gasteiger partial charge in [-0.2, -0.15) is 0 Å². The van der Waals surface area contributed by atoms with Gasteiger partial charge in [0.05, 0.1) is 6.10 Å². The van der Waals surface area contributed by atoms with Gasteiger partial charge in [-0.05, 0) is 111 Å². The summed E-state index contributed by atoms with van der Waals surface area (Å²) in [5, 5.41) is 19.3. The lowest BCUT2D eigenvalue weighted by atomic mass is 9.44. The molecule has 0 saturated heterocycles. The molecule has 154 valence electrons. The first-order valence-electron chi connectivity index (χ1n) is 11.7. The van der Waals surface area contributed by atoms with E-state index in [9.17, 15) is 9.90 Å². The summed E-state index contributed by atoms with van der Waals surface area (Å²) in [6.07, 6.45) is 12.4. The zero-order valence-electron chi connectivity index (χ0n) is 17.6. The van der Waals surface area contributed by atoms with Crippen molar-refractivity contribution in [3.05, 3.63) is 0 Å². The van der Waals surface area contributed by atoms with Crippen LogP contribution in [-0.2, 0) is 4.79 Å². The van der Waals surface area contributed by atoms with Crippen LogP contribution in [0.3, 0.4) is 0 Å². The molecule has 3 nitrogen and oxygen atoms in total. The fraction of sp³-hybridized carbons (Fsp3) is 0.958. The van der Waals surface area contributed by atoms with Crippen molar-refractivity contribution in [3.63, 3.8) is 0 Å². The Morgan fingerprint density at radius 1 is 1.00 bits per heavy atom. The Balaban J connectivity index is 1.51. The molecule has 0 aliphatic heterocycles. The van der Waals surface area contributed by atoms with Crippen LogP contribution in [0.2, 0.25) is 0 Å². The second kappa shape index (κ2) is 7.04. The van der Waals surface area contributed by atoms with Crippen LogP contribution in [0.25, 0.3) is 0 Å². The highest BCUT2D eigenvalue weighted by molar-refractivity contribution is 5.66. The van der Waals surface area contributed by atoms with E-state index in [2.05, 4.69) is 20.8 Å². The Kier molecular flexibility index (Phi) is 5.15. The summed E-state index contributed by atoms with van der Waals surface area (Å²) in [7, 11) is 0. The molecule has 0 aromatic carbocycles. The normalized spacial score (nSPS) is 50.4. The highest BCUT2D eigenvalue weighted by Crippen LogP contribution is 2.68. The lowest BCUT2D eigenvalue weighted by molar-refractivity contribution is -0.138. The molecule has 0 amide bonds. The van der Waals surface area contributed by atoms with E-state index in [1.807, 2.05) is 0 Å². The largest absolute Gasteiger partial charge is 0.481 e. The molecule has 4 aliphatic rings. The van der Waals surface area contributed by atoms with Crippen molar-refractivity contribution in [1.82, 2.24) is 0 Å². The van der Waals surface area contributed by atoms with Gasteiger partial charge in [0.1, 0.15) is 0 Å². The van der Waals surface area contributed by atoms with Gasteiger partial charge in [-0.25, -0.2) is 0 Å². The van der Waals surface area contributed by atoms with Crippen molar-refractivity contribution in [3.8, 4) is 0 Å². The third-order valence-corrected chi connectivity index (χ3v) is 10.2. The number of aliphatic hydroxyl groups is 1. The zero-order chi connectivity index (χ0) is 19.4. The zero-order valence-corrected chi connectivity index (χ0v) is 17.6. The second-order valence-electron chi connectivity index (χ2n) is 11.2. The molecule has 4 aliphatic carbocycles. The summed E-state index contributed by atoms with van der Waals surface area (Å²) in [4.78, 5) is 11.0. The Bertz CT molecular complexity index is 574. The first kappa shape index (κ1) is 19.7. The number of rotatable bonds is 4. The van der Waals surface area contributed by atoms with Crippen LogP contribution < -0.4 is 0 Å². The minimum absolute atomic E-state index is 0.0561. The van der Waals surface area contributed by atoms with Crippen LogP contribution in [0.15, 0.2) is 0 Å². The molecule has 4 fully saturated rings. The van der Waals surface area contributed by atoms with E-state index in [4.69, 9.17) is 5.11 Å². The van der Waals surface area contributed by atoms with E-state index < -0.39 is 5.97 Å². The molecule has 4 saturated carbocycles. The fourth-order valence-corrected chi connectivity index (χ4v) is 8.76. The van der Waals surface area contributed by atoms with E-state index >= 15 is 0 Å². The number of carboxylic acid groups (broad SMARTS) is 1. The van der Waals surface area contributed by atoms with Gasteiger partial charge in [0.15, 0.2) is 0 Å². The highest BCUT2D eigenvalue weighted by atomic mass is 16.4. The van der Waals surface area contributed by atoms with E-state index in [1.165, 1.54) is 44.9 Å². The fourth-order valence-electron chi connectivity index (χ4n) is 8.76. The molecule has 0 spiro atoms. The lowest BCUT2D eigenvalue weighted by Gasteiger charge is -2.61. The maximum absolute atomic E-state index is 11.0. The molecule has 0 aromatic rings. The average Bonchev–Trinajstić information content (AvgIpc) is 2.97. The molecule has 4 rings (SSSR count). The summed E-state index contributed by atoms with van der Waals surface area (Å²) in [6, 6.07) is 0. The number of aliphatic hydroxyl groups excluding tert-OH is 1. The molecule has 0 bridgehead atoms. The summed E-state index contributed by atoms with van der Waals surface area (Å²) in [6.45, 7) is 7.43. The molecular formula is C24H40O3. The van der Waals surface area contributed by atoms with Crippen LogP contribution in [0.4, 0.5) is 0 Å². The van der Waals surface area contributed by atoms with E-state index in [1.54, 1.807) is 0 Å². The number of hydrogen-bond donors (Lipinski definition) is 2. The third-order valence-electron chi connectivity index (χ3n) is 10.2. The second-order valence-corrected chi connectivity index (χ2v) is 11.2.